The van der Waals surface area contributed by atoms with Crippen molar-refractivity contribution >= 4 is 0 Å². The van der Waals surface area contributed by atoms with Gasteiger partial charge in [0.15, 0.2) is 0 Å². The standard InChI is InChI=1S/C13H15F4NO/c14-12(5-7-18-8-6-12)9-10-1-3-11(4-2-10)19-13(15,16)17/h1-4,18H,5-9H2. The normalized spacial score (nSPS) is 19.2. The Balaban J connectivity index is 1.98. The predicted molar refractivity (Wildman–Crippen MR) is 62.8 cm³/mol. The van der Waals surface area contributed by atoms with Gasteiger partial charge in [0.2, 0.25) is 0 Å². The van der Waals surface area contributed by atoms with Crippen LogP contribution in [0.25, 0.3) is 0 Å². The molecule has 0 spiro atoms. The molecule has 0 unspecified atom stereocenters. The molecule has 0 atom stereocenters. The molecule has 1 aliphatic heterocycles. The number of piperidine rings is 1. The van der Waals surface area contributed by atoms with Gasteiger partial charge in [0, 0.05) is 6.42 Å². The Morgan fingerprint density at radius 3 is 2.21 bits per heavy atom. The predicted octanol–water partition coefficient (Wildman–Crippen LogP) is 3.22. The van der Waals surface area contributed by atoms with Gasteiger partial charge in [-0.25, -0.2) is 4.39 Å². The monoisotopic (exact) mass is 277 g/mol. The fraction of sp³-hybridized carbons (Fsp3) is 0.538. The topological polar surface area (TPSA) is 21.3 Å². The average molecular weight is 277 g/mol. The maximum Gasteiger partial charge on any atom is 0.573 e. The maximum atomic E-state index is 14.4. The third-order valence-electron chi connectivity index (χ3n) is 3.18. The van der Waals surface area contributed by atoms with Crippen LogP contribution >= 0.6 is 0 Å². The highest BCUT2D eigenvalue weighted by atomic mass is 19.4. The molecule has 2 rings (SSSR count). The molecule has 2 nitrogen and oxygen atoms in total. The van der Waals surface area contributed by atoms with E-state index in [0.717, 1.165) is 0 Å². The highest BCUT2D eigenvalue weighted by Gasteiger charge is 2.32. The third kappa shape index (κ3) is 4.38. The van der Waals surface area contributed by atoms with E-state index in [9.17, 15) is 17.6 Å². The molecule has 0 amide bonds. The highest BCUT2D eigenvalue weighted by Crippen LogP contribution is 2.29. The van der Waals surface area contributed by atoms with E-state index >= 15 is 0 Å². The molecule has 106 valence electrons. The molecule has 1 N–H and O–H groups in total. The third-order valence-corrected chi connectivity index (χ3v) is 3.18. The lowest BCUT2D eigenvalue weighted by atomic mass is 9.88. The summed E-state index contributed by atoms with van der Waals surface area (Å²) in [5.41, 5.74) is -0.587. The molecule has 1 saturated heterocycles. The van der Waals surface area contributed by atoms with Crippen molar-refractivity contribution in [2.24, 2.45) is 0 Å². The van der Waals surface area contributed by atoms with Crippen LogP contribution in [0.1, 0.15) is 18.4 Å². The van der Waals surface area contributed by atoms with Gasteiger partial charge in [0.05, 0.1) is 0 Å². The first-order valence-corrected chi connectivity index (χ1v) is 6.11. The lowest BCUT2D eigenvalue weighted by molar-refractivity contribution is -0.274. The van der Waals surface area contributed by atoms with Gasteiger partial charge < -0.3 is 10.1 Å². The van der Waals surface area contributed by atoms with Crippen LogP contribution in [0, 0.1) is 0 Å². The van der Waals surface area contributed by atoms with E-state index in [2.05, 4.69) is 10.1 Å². The summed E-state index contributed by atoms with van der Waals surface area (Å²) in [7, 11) is 0. The molecule has 19 heavy (non-hydrogen) atoms. The molecule has 1 aromatic carbocycles. The molecule has 0 saturated carbocycles. The van der Waals surface area contributed by atoms with Gasteiger partial charge >= 0.3 is 6.36 Å². The van der Waals surface area contributed by atoms with E-state index in [4.69, 9.17) is 0 Å². The minimum atomic E-state index is -4.70. The van der Waals surface area contributed by atoms with Crippen LogP contribution in [0.5, 0.6) is 5.75 Å². The molecular formula is C13H15F4NO. The zero-order valence-corrected chi connectivity index (χ0v) is 10.3. The summed E-state index contributed by atoms with van der Waals surface area (Å²) in [5.74, 6) is -0.283. The van der Waals surface area contributed by atoms with Crippen LogP contribution in [-0.4, -0.2) is 25.1 Å². The van der Waals surface area contributed by atoms with Crippen molar-refractivity contribution in [3.8, 4) is 5.75 Å². The Morgan fingerprint density at radius 2 is 1.68 bits per heavy atom. The first-order chi connectivity index (χ1) is 8.86. The Bertz CT molecular complexity index is 410. The number of benzene rings is 1. The van der Waals surface area contributed by atoms with Gasteiger partial charge in [-0.2, -0.15) is 0 Å². The van der Waals surface area contributed by atoms with Crippen LogP contribution in [0.15, 0.2) is 24.3 Å². The molecule has 0 bridgehead atoms. The van der Waals surface area contributed by atoms with Crippen LogP contribution in [0.3, 0.4) is 0 Å². The number of ether oxygens (including phenoxy) is 1. The van der Waals surface area contributed by atoms with Gasteiger partial charge in [-0.1, -0.05) is 12.1 Å². The second kappa shape index (κ2) is 5.36. The first kappa shape index (κ1) is 14.1. The number of hydrogen-bond donors (Lipinski definition) is 1. The molecule has 0 radical (unpaired) electrons. The summed E-state index contributed by atoms with van der Waals surface area (Å²) in [6, 6.07) is 5.38. The number of hydrogen-bond acceptors (Lipinski definition) is 2. The van der Waals surface area contributed by atoms with Crippen molar-refractivity contribution in [2.45, 2.75) is 31.3 Å². The number of nitrogens with one attached hydrogen (secondary N) is 1. The lowest BCUT2D eigenvalue weighted by Gasteiger charge is -2.30. The van der Waals surface area contributed by atoms with E-state index in [1.165, 1.54) is 24.3 Å². The summed E-state index contributed by atoms with van der Waals surface area (Å²) < 4.78 is 54.1. The van der Waals surface area contributed by atoms with Gasteiger partial charge in [-0.3, -0.25) is 0 Å². The lowest BCUT2D eigenvalue weighted by Crippen LogP contribution is -2.40. The molecule has 1 heterocycles. The minimum absolute atomic E-state index is 0.223. The van der Waals surface area contributed by atoms with Crippen molar-refractivity contribution in [3.63, 3.8) is 0 Å². The zero-order chi connectivity index (χ0) is 13.9. The Labute approximate surface area is 108 Å². The largest absolute Gasteiger partial charge is 0.573 e. The summed E-state index contributed by atoms with van der Waals surface area (Å²) in [4.78, 5) is 0. The Kier molecular flexibility index (Phi) is 3.99. The molecule has 1 aliphatic rings. The summed E-state index contributed by atoms with van der Waals surface area (Å²) in [6.45, 7) is 1.26. The SMILES string of the molecule is FC1(Cc2ccc(OC(F)(F)F)cc2)CCNCC1. The molecule has 1 fully saturated rings. The minimum Gasteiger partial charge on any atom is -0.406 e. The summed E-state index contributed by atoms with van der Waals surface area (Å²) in [5, 5.41) is 3.08. The summed E-state index contributed by atoms with van der Waals surface area (Å²) >= 11 is 0. The second-order valence-corrected chi connectivity index (χ2v) is 4.77. The van der Waals surface area contributed by atoms with E-state index in [-0.39, 0.29) is 12.2 Å². The highest BCUT2D eigenvalue weighted by molar-refractivity contribution is 5.28. The second-order valence-electron chi connectivity index (χ2n) is 4.77. The van der Waals surface area contributed by atoms with Gasteiger partial charge in [-0.05, 0) is 43.6 Å². The number of halogens is 4. The molecule has 0 aromatic heterocycles. The number of alkyl halides is 4. The molecular weight excluding hydrogens is 262 g/mol. The van der Waals surface area contributed by atoms with Crippen molar-refractivity contribution in [1.82, 2.24) is 5.32 Å². The summed E-state index contributed by atoms with van der Waals surface area (Å²) in [6.07, 6.45) is -3.62. The molecule has 6 heteroatoms. The van der Waals surface area contributed by atoms with Gasteiger partial charge in [0.1, 0.15) is 11.4 Å². The van der Waals surface area contributed by atoms with Crippen molar-refractivity contribution in [2.75, 3.05) is 13.1 Å². The fourth-order valence-corrected chi connectivity index (χ4v) is 2.23. The molecule has 0 aliphatic carbocycles. The van der Waals surface area contributed by atoms with Gasteiger partial charge in [0.25, 0.3) is 0 Å². The van der Waals surface area contributed by atoms with Crippen molar-refractivity contribution in [1.29, 1.82) is 0 Å². The van der Waals surface area contributed by atoms with Crippen molar-refractivity contribution < 1.29 is 22.3 Å². The van der Waals surface area contributed by atoms with E-state index in [0.29, 0.717) is 31.5 Å². The van der Waals surface area contributed by atoms with E-state index < -0.39 is 12.0 Å². The smallest absolute Gasteiger partial charge is 0.406 e. The maximum absolute atomic E-state index is 14.4. The number of rotatable bonds is 3. The Hall–Kier alpha value is -1.30. The van der Waals surface area contributed by atoms with Crippen LogP contribution in [0.4, 0.5) is 17.6 Å². The van der Waals surface area contributed by atoms with Crippen LogP contribution in [-0.2, 0) is 6.42 Å². The van der Waals surface area contributed by atoms with E-state index in [1.54, 1.807) is 0 Å². The Morgan fingerprint density at radius 1 is 1.11 bits per heavy atom. The van der Waals surface area contributed by atoms with Crippen LogP contribution in [0.2, 0.25) is 0 Å². The van der Waals surface area contributed by atoms with Crippen molar-refractivity contribution in [3.05, 3.63) is 29.8 Å². The van der Waals surface area contributed by atoms with Crippen LogP contribution < -0.4 is 10.1 Å². The fourth-order valence-electron chi connectivity index (χ4n) is 2.23. The average Bonchev–Trinajstić information content (AvgIpc) is 2.30. The van der Waals surface area contributed by atoms with E-state index in [1.807, 2.05) is 0 Å². The quantitative estimate of drug-likeness (QED) is 0.857. The van der Waals surface area contributed by atoms with Gasteiger partial charge in [-0.15, -0.1) is 13.2 Å². The zero-order valence-electron chi connectivity index (χ0n) is 10.3. The molecule has 1 aromatic rings. The first-order valence-electron chi connectivity index (χ1n) is 6.11.